The van der Waals surface area contributed by atoms with Crippen molar-refractivity contribution in [3.05, 3.63) is 23.1 Å². The van der Waals surface area contributed by atoms with Crippen LogP contribution in [0.5, 0.6) is 0 Å². The lowest BCUT2D eigenvalue weighted by Gasteiger charge is -2.33. The van der Waals surface area contributed by atoms with Gasteiger partial charge in [-0.3, -0.25) is 4.79 Å². The predicted molar refractivity (Wildman–Crippen MR) is 93.0 cm³/mol. The topological polar surface area (TPSA) is 56.1 Å². The van der Waals surface area contributed by atoms with Crippen molar-refractivity contribution in [3.63, 3.8) is 0 Å². The number of carbonyl (C=O) groups excluding carboxylic acids is 1. The summed E-state index contributed by atoms with van der Waals surface area (Å²) >= 11 is 0.590. The fourth-order valence-corrected chi connectivity index (χ4v) is 4.74. The van der Waals surface area contributed by atoms with Crippen LogP contribution in [0, 0.1) is 11.3 Å². The summed E-state index contributed by atoms with van der Waals surface area (Å²) in [6.07, 6.45) is -1.35. The Labute approximate surface area is 154 Å². The number of piperidine rings is 1. The Morgan fingerprint density at radius 1 is 1.42 bits per heavy atom. The molecule has 1 aromatic carbocycles. The summed E-state index contributed by atoms with van der Waals surface area (Å²) in [5, 5.41) is 12.4. The van der Waals surface area contributed by atoms with Crippen molar-refractivity contribution in [2.24, 2.45) is 0 Å². The second-order valence-electron chi connectivity index (χ2n) is 5.85. The highest BCUT2D eigenvalue weighted by atomic mass is 32.2. The van der Waals surface area contributed by atoms with E-state index in [1.807, 2.05) is 0 Å². The second kappa shape index (κ2) is 6.96. The molecule has 3 rings (SSSR count). The largest absolute Gasteiger partial charge is 0.446 e. The number of nitrogens with one attached hydrogen (secondary N) is 1. The molecule has 1 aliphatic heterocycles. The van der Waals surface area contributed by atoms with Crippen molar-refractivity contribution in [1.82, 2.24) is 4.90 Å². The maximum Gasteiger partial charge on any atom is 0.446 e. The SMILES string of the molecule is CN1C[C@H](F)[C@H](Nc2cccc3c(SC(F)(F)F)c(C#N)sc23)CC1=O. The summed E-state index contributed by atoms with van der Waals surface area (Å²) < 4.78 is 53.2. The van der Waals surface area contributed by atoms with E-state index >= 15 is 0 Å². The van der Waals surface area contributed by atoms with Gasteiger partial charge in [0, 0.05) is 18.9 Å². The maximum absolute atomic E-state index is 14.3. The number of thioether (sulfide) groups is 1. The van der Waals surface area contributed by atoms with Crippen LogP contribution in [0.2, 0.25) is 0 Å². The molecule has 1 saturated heterocycles. The number of alkyl halides is 4. The van der Waals surface area contributed by atoms with Gasteiger partial charge in [0.1, 0.15) is 17.1 Å². The van der Waals surface area contributed by atoms with Crippen LogP contribution in [0.1, 0.15) is 11.3 Å². The number of nitriles is 1. The summed E-state index contributed by atoms with van der Waals surface area (Å²) in [4.78, 5) is 12.9. The normalized spacial score (nSPS) is 21.1. The zero-order valence-corrected chi connectivity index (χ0v) is 15.1. The van der Waals surface area contributed by atoms with Crippen molar-refractivity contribution < 1.29 is 22.4 Å². The average molecular weight is 403 g/mol. The van der Waals surface area contributed by atoms with Gasteiger partial charge in [-0.05, 0) is 17.8 Å². The summed E-state index contributed by atoms with van der Waals surface area (Å²) in [7, 11) is 1.52. The molecule has 1 N–H and O–H groups in total. The number of carbonyl (C=O) groups is 1. The molecule has 2 heterocycles. The van der Waals surface area contributed by atoms with Crippen molar-refractivity contribution >= 4 is 44.8 Å². The molecule has 0 unspecified atom stereocenters. The third-order valence-electron chi connectivity index (χ3n) is 4.04. The third kappa shape index (κ3) is 3.73. The van der Waals surface area contributed by atoms with Crippen LogP contribution in [0.25, 0.3) is 10.1 Å². The van der Waals surface area contributed by atoms with Crippen LogP contribution in [0.3, 0.4) is 0 Å². The lowest BCUT2D eigenvalue weighted by atomic mass is 10.0. The van der Waals surface area contributed by atoms with Crippen LogP contribution in [-0.4, -0.2) is 42.1 Å². The molecular formula is C16H13F4N3OS2. The maximum atomic E-state index is 14.3. The van der Waals surface area contributed by atoms with Crippen LogP contribution in [-0.2, 0) is 4.79 Å². The molecule has 2 atom stereocenters. The average Bonchev–Trinajstić information content (AvgIpc) is 2.90. The summed E-state index contributed by atoms with van der Waals surface area (Å²) in [5.74, 6) is -0.208. The minimum Gasteiger partial charge on any atom is -0.378 e. The van der Waals surface area contributed by atoms with E-state index in [9.17, 15) is 27.6 Å². The predicted octanol–water partition coefficient (Wildman–Crippen LogP) is 4.37. The van der Waals surface area contributed by atoms with Gasteiger partial charge in [0.2, 0.25) is 5.91 Å². The number of fused-ring (bicyclic) bond motifs is 1. The molecule has 0 aliphatic carbocycles. The van der Waals surface area contributed by atoms with Crippen LogP contribution < -0.4 is 5.32 Å². The van der Waals surface area contributed by atoms with Gasteiger partial charge >= 0.3 is 5.51 Å². The van der Waals surface area contributed by atoms with Gasteiger partial charge in [0.05, 0.1) is 27.9 Å². The molecule has 1 aliphatic rings. The zero-order valence-electron chi connectivity index (χ0n) is 13.4. The first-order chi connectivity index (χ1) is 12.2. The number of rotatable bonds is 3. The lowest BCUT2D eigenvalue weighted by Crippen LogP contribution is -2.49. The zero-order chi connectivity index (χ0) is 19.1. The number of nitrogens with zero attached hydrogens (tertiary/aromatic N) is 2. The Morgan fingerprint density at radius 3 is 2.81 bits per heavy atom. The van der Waals surface area contributed by atoms with Gasteiger partial charge in [-0.1, -0.05) is 12.1 Å². The molecule has 1 amide bonds. The molecule has 1 fully saturated rings. The Bertz CT molecular complexity index is 890. The summed E-state index contributed by atoms with van der Waals surface area (Å²) in [6.45, 7) is -0.0461. The number of hydrogen-bond donors (Lipinski definition) is 1. The molecule has 0 bridgehead atoms. The van der Waals surface area contributed by atoms with Crippen molar-refractivity contribution in [3.8, 4) is 6.07 Å². The monoisotopic (exact) mass is 403 g/mol. The van der Waals surface area contributed by atoms with E-state index in [1.54, 1.807) is 18.2 Å². The molecule has 4 nitrogen and oxygen atoms in total. The van der Waals surface area contributed by atoms with E-state index in [1.165, 1.54) is 18.0 Å². The number of amides is 1. The molecule has 10 heteroatoms. The quantitative estimate of drug-likeness (QED) is 0.611. The lowest BCUT2D eigenvalue weighted by molar-refractivity contribution is -0.133. The van der Waals surface area contributed by atoms with Gasteiger partial charge in [0.15, 0.2) is 0 Å². The summed E-state index contributed by atoms with van der Waals surface area (Å²) in [5.41, 5.74) is -4.10. The Hall–Kier alpha value is -1.99. The van der Waals surface area contributed by atoms with Gasteiger partial charge in [0.25, 0.3) is 0 Å². The molecule has 0 saturated carbocycles. The Morgan fingerprint density at radius 2 is 2.15 bits per heavy atom. The van der Waals surface area contributed by atoms with E-state index < -0.39 is 17.7 Å². The van der Waals surface area contributed by atoms with Gasteiger partial charge in [-0.2, -0.15) is 18.4 Å². The summed E-state index contributed by atoms with van der Waals surface area (Å²) in [6, 6.07) is 5.68. The molecule has 26 heavy (non-hydrogen) atoms. The van der Waals surface area contributed by atoms with E-state index in [-0.39, 0.29) is 45.8 Å². The highest BCUT2D eigenvalue weighted by Gasteiger charge is 2.34. The van der Waals surface area contributed by atoms with E-state index in [4.69, 9.17) is 0 Å². The molecule has 1 aromatic heterocycles. The molecule has 0 spiro atoms. The number of benzene rings is 1. The highest BCUT2D eigenvalue weighted by Crippen LogP contribution is 2.47. The number of hydrogen-bond acceptors (Lipinski definition) is 5. The van der Waals surface area contributed by atoms with Gasteiger partial charge in [-0.25, -0.2) is 4.39 Å². The second-order valence-corrected chi connectivity index (χ2v) is 7.94. The number of anilines is 1. The van der Waals surface area contributed by atoms with Crippen LogP contribution >= 0.6 is 23.1 Å². The fraction of sp³-hybridized carbons (Fsp3) is 0.375. The van der Waals surface area contributed by atoms with Crippen molar-refractivity contribution in [1.29, 1.82) is 5.26 Å². The van der Waals surface area contributed by atoms with Crippen molar-refractivity contribution in [2.75, 3.05) is 18.9 Å². The third-order valence-corrected chi connectivity index (χ3v) is 6.17. The van der Waals surface area contributed by atoms with E-state index in [2.05, 4.69) is 5.32 Å². The first-order valence-electron chi connectivity index (χ1n) is 7.55. The Balaban J connectivity index is 1.98. The smallest absolute Gasteiger partial charge is 0.378 e. The number of thiophene rings is 1. The molecular weight excluding hydrogens is 390 g/mol. The minimum atomic E-state index is -4.52. The fourth-order valence-electron chi connectivity index (χ4n) is 2.80. The van der Waals surface area contributed by atoms with Crippen LogP contribution in [0.15, 0.2) is 23.1 Å². The van der Waals surface area contributed by atoms with E-state index in [0.717, 1.165) is 11.3 Å². The van der Waals surface area contributed by atoms with Gasteiger partial charge in [-0.15, -0.1) is 11.3 Å². The van der Waals surface area contributed by atoms with Gasteiger partial charge < -0.3 is 10.2 Å². The standard InChI is InChI=1S/C16H13F4N3OS2/c1-23-7-9(17)11(5-13(23)24)22-10-4-2-3-8-14(10)25-12(6-21)15(8)26-16(18,19)20/h2-4,9,11,22H,5,7H2,1H3/t9-,11+/m0/s1. The first-order valence-corrected chi connectivity index (χ1v) is 9.19. The number of likely N-dealkylation sites (tertiary alicyclic amines) is 1. The van der Waals surface area contributed by atoms with Crippen LogP contribution in [0.4, 0.5) is 23.2 Å². The minimum absolute atomic E-state index is 0.0461. The number of halogens is 4. The first kappa shape index (κ1) is 18.8. The molecule has 2 aromatic rings. The van der Waals surface area contributed by atoms with E-state index in [0.29, 0.717) is 10.4 Å². The molecule has 138 valence electrons. The Kier molecular flexibility index (Phi) is 5.03. The molecule has 0 radical (unpaired) electrons. The van der Waals surface area contributed by atoms with Crippen molar-refractivity contribution in [2.45, 2.75) is 29.0 Å². The highest BCUT2D eigenvalue weighted by molar-refractivity contribution is 8.00.